The van der Waals surface area contributed by atoms with Crippen molar-refractivity contribution in [3.63, 3.8) is 0 Å². The smallest absolute Gasteiger partial charge is 0.246 e. The van der Waals surface area contributed by atoms with Crippen LogP contribution in [0.15, 0.2) is 41.7 Å². The predicted molar refractivity (Wildman–Crippen MR) is 143 cm³/mol. The normalized spacial score (nSPS) is 18.4. The number of aryl methyl sites for hydroxylation is 1. The monoisotopic (exact) mass is 565 g/mol. The molecule has 8 nitrogen and oxygen atoms in total. The van der Waals surface area contributed by atoms with E-state index in [0.29, 0.717) is 19.6 Å². The maximum atomic E-state index is 12.7. The third-order valence-electron chi connectivity index (χ3n) is 6.46. The van der Waals surface area contributed by atoms with Gasteiger partial charge < -0.3 is 15.1 Å². The number of halogens is 1. The van der Waals surface area contributed by atoms with Crippen molar-refractivity contribution in [1.29, 1.82) is 0 Å². The molecule has 0 spiro atoms. The zero-order valence-corrected chi connectivity index (χ0v) is 22.2. The second-order valence-corrected chi connectivity index (χ2v) is 9.02. The van der Waals surface area contributed by atoms with E-state index in [1.807, 2.05) is 18.1 Å². The van der Waals surface area contributed by atoms with Crippen molar-refractivity contribution in [2.24, 2.45) is 18.0 Å². The van der Waals surface area contributed by atoms with Crippen LogP contribution in [0.3, 0.4) is 0 Å². The van der Waals surface area contributed by atoms with Crippen LogP contribution in [0.4, 0.5) is 5.69 Å². The molecule has 2 aliphatic rings. The second kappa shape index (κ2) is 11.8. The summed E-state index contributed by atoms with van der Waals surface area (Å²) in [6, 6.07) is 8.78. The minimum atomic E-state index is 0. The van der Waals surface area contributed by atoms with Crippen LogP contribution >= 0.6 is 24.0 Å². The highest BCUT2D eigenvalue weighted by atomic mass is 127. The van der Waals surface area contributed by atoms with E-state index in [4.69, 9.17) is 0 Å². The summed E-state index contributed by atoms with van der Waals surface area (Å²) in [7, 11) is 3.63. The fraction of sp³-hybridized carbons (Fsp3) is 0.542. The van der Waals surface area contributed by atoms with Crippen LogP contribution in [0, 0.1) is 5.92 Å². The van der Waals surface area contributed by atoms with Crippen molar-refractivity contribution >= 4 is 41.5 Å². The van der Waals surface area contributed by atoms with Crippen molar-refractivity contribution in [2.75, 3.05) is 44.7 Å². The Balaban J connectivity index is 0.00000306. The topological polar surface area (TPSA) is 69.0 Å². The first-order chi connectivity index (χ1) is 15.5. The molecule has 33 heavy (non-hydrogen) atoms. The Morgan fingerprint density at radius 2 is 1.94 bits per heavy atom. The van der Waals surface area contributed by atoms with Crippen LogP contribution in [-0.4, -0.2) is 71.2 Å². The third kappa shape index (κ3) is 6.69. The van der Waals surface area contributed by atoms with Gasteiger partial charge in [-0.1, -0.05) is 31.2 Å². The Kier molecular flexibility index (Phi) is 9.13. The summed E-state index contributed by atoms with van der Waals surface area (Å²) in [4.78, 5) is 23.5. The lowest BCUT2D eigenvalue weighted by Crippen LogP contribution is -2.55. The van der Waals surface area contributed by atoms with Gasteiger partial charge in [-0.05, 0) is 43.0 Å². The summed E-state index contributed by atoms with van der Waals surface area (Å²) in [5, 5.41) is 7.62. The maximum Gasteiger partial charge on any atom is 0.246 e. The number of piperazine rings is 1. The number of anilines is 1. The van der Waals surface area contributed by atoms with Gasteiger partial charge >= 0.3 is 0 Å². The summed E-state index contributed by atoms with van der Waals surface area (Å²) in [6.45, 7) is 8.09. The highest BCUT2D eigenvalue weighted by molar-refractivity contribution is 14.0. The number of guanidine groups is 1. The summed E-state index contributed by atoms with van der Waals surface area (Å²) < 4.78 is 1.72. The van der Waals surface area contributed by atoms with Gasteiger partial charge in [-0.25, -0.2) is 0 Å². The number of amides is 1. The fourth-order valence-electron chi connectivity index (χ4n) is 4.50. The molecule has 0 unspecified atom stereocenters. The zero-order chi connectivity index (χ0) is 22.5. The SMILES string of the molecule is CN=C(NCc1cccc(CN2CCC(C)CC2)c1)N1CCN(c2cnn(C)c2)C(=O)C1.I. The maximum absolute atomic E-state index is 12.7. The van der Waals surface area contributed by atoms with E-state index < -0.39 is 0 Å². The van der Waals surface area contributed by atoms with Gasteiger partial charge in [0.05, 0.1) is 11.9 Å². The number of nitrogens with zero attached hydrogens (tertiary/aromatic N) is 6. The summed E-state index contributed by atoms with van der Waals surface area (Å²) >= 11 is 0. The standard InChI is InChI=1S/C24H35N7O.HI/c1-19-7-9-29(10-8-19)16-21-6-4-5-20(13-21)14-26-24(25-2)30-11-12-31(23(32)18-30)22-15-27-28(3)17-22;/h4-6,13,15,17,19H,7-12,14,16,18H2,1-3H3,(H,25,26);1H. The molecule has 2 fully saturated rings. The number of aliphatic imine (C=N–C) groups is 1. The molecule has 0 bridgehead atoms. The van der Waals surface area contributed by atoms with Crippen LogP contribution in [0.5, 0.6) is 0 Å². The number of hydrogen-bond acceptors (Lipinski definition) is 4. The number of aromatic nitrogens is 2. The first-order valence-electron chi connectivity index (χ1n) is 11.6. The van der Waals surface area contributed by atoms with Crippen molar-refractivity contribution < 1.29 is 4.79 Å². The van der Waals surface area contributed by atoms with E-state index in [-0.39, 0.29) is 29.9 Å². The van der Waals surface area contributed by atoms with E-state index in [1.54, 1.807) is 22.8 Å². The van der Waals surface area contributed by atoms with Gasteiger partial charge in [0.25, 0.3) is 0 Å². The van der Waals surface area contributed by atoms with E-state index in [1.165, 1.54) is 37.1 Å². The molecule has 1 amide bonds. The van der Waals surface area contributed by atoms with Crippen molar-refractivity contribution in [1.82, 2.24) is 24.9 Å². The van der Waals surface area contributed by atoms with Crippen LogP contribution in [-0.2, 0) is 24.9 Å². The minimum Gasteiger partial charge on any atom is -0.352 e. The molecule has 2 aromatic rings. The second-order valence-electron chi connectivity index (χ2n) is 9.02. The fourth-order valence-corrected chi connectivity index (χ4v) is 4.50. The number of rotatable bonds is 5. The van der Waals surface area contributed by atoms with Crippen LogP contribution in [0.2, 0.25) is 0 Å². The van der Waals surface area contributed by atoms with Gasteiger partial charge in [0, 0.05) is 46.5 Å². The van der Waals surface area contributed by atoms with Gasteiger partial charge in [-0.3, -0.25) is 19.4 Å². The average molecular weight is 566 g/mol. The lowest BCUT2D eigenvalue weighted by Gasteiger charge is -2.35. The predicted octanol–water partition coefficient (Wildman–Crippen LogP) is 2.69. The minimum absolute atomic E-state index is 0. The number of hydrogen-bond donors (Lipinski definition) is 1. The highest BCUT2D eigenvalue weighted by Crippen LogP contribution is 2.19. The molecular formula is C24H36IN7O. The highest BCUT2D eigenvalue weighted by Gasteiger charge is 2.27. The molecule has 2 saturated heterocycles. The van der Waals surface area contributed by atoms with E-state index in [2.05, 4.69) is 51.5 Å². The molecule has 2 aliphatic heterocycles. The summed E-state index contributed by atoms with van der Waals surface area (Å²) in [5.74, 6) is 1.68. The van der Waals surface area contributed by atoms with Gasteiger partial charge in [0.1, 0.15) is 6.54 Å². The molecule has 0 atom stereocenters. The van der Waals surface area contributed by atoms with Gasteiger partial charge in [0.15, 0.2) is 5.96 Å². The first-order valence-corrected chi connectivity index (χ1v) is 11.6. The number of piperidine rings is 1. The third-order valence-corrected chi connectivity index (χ3v) is 6.46. The molecule has 1 aromatic heterocycles. The molecule has 1 N–H and O–H groups in total. The van der Waals surface area contributed by atoms with Crippen LogP contribution < -0.4 is 10.2 Å². The number of benzene rings is 1. The van der Waals surface area contributed by atoms with E-state index >= 15 is 0 Å². The number of nitrogens with one attached hydrogen (secondary N) is 1. The number of carbonyl (C=O) groups is 1. The lowest BCUT2D eigenvalue weighted by atomic mass is 9.98. The molecule has 4 rings (SSSR count). The quantitative estimate of drug-likeness (QED) is 0.343. The molecular weight excluding hydrogens is 529 g/mol. The number of carbonyl (C=O) groups excluding carboxylic acids is 1. The molecule has 1 aromatic carbocycles. The summed E-state index contributed by atoms with van der Waals surface area (Å²) in [6.07, 6.45) is 6.20. The lowest BCUT2D eigenvalue weighted by molar-refractivity contribution is -0.120. The summed E-state index contributed by atoms with van der Waals surface area (Å²) in [5.41, 5.74) is 3.43. The molecule has 9 heteroatoms. The number of likely N-dealkylation sites (tertiary alicyclic amines) is 1. The largest absolute Gasteiger partial charge is 0.352 e. The van der Waals surface area contributed by atoms with Crippen LogP contribution in [0.25, 0.3) is 0 Å². The average Bonchev–Trinajstić information content (AvgIpc) is 3.22. The van der Waals surface area contributed by atoms with Gasteiger partial charge in [0.2, 0.25) is 5.91 Å². The Morgan fingerprint density at radius 1 is 1.18 bits per heavy atom. The zero-order valence-electron chi connectivity index (χ0n) is 19.9. The van der Waals surface area contributed by atoms with E-state index in [9.17, 15) is 4.79 Å². The Labute approximate surface area is 214 Å². The first kappa shape index (κ1) is 25.5. The van der Waals surface area contributed by atoms with E-state index in [0.717, 1.165) is 30.7 Å². The Bertz CT molecular complexity index is 952. The van der Waals surface area contributed by atoms with Crippen molar-refractivity contribution in [2.45, 2.75) is 32.9 Å². The Hall–Kier alpha value is -2.14. The molecule has 3 heterocycles. The van der Waals surface area contributed by atoms with Crippen molar-refractivity contribution in [3.05, 3.63) is 47.8 Å². The van der Waals surface area contributed by atoms with Crippen molar-refractivity contribution in [3.8, 4) is 0 Å². The van der Waals surface area contributed by atoms with Gasteiger partial charge in [-0.15, -0.1) is 24.0 Å². The van der Waals surface area contributed by atoms with Crippen LogP contribution in [0.1, 0.15) is 30.9 Å². The molecule has 0 saturated carbocycles. The molecule has 0 radical (unpaired) electrons. The molecule has 180 valence electrons. The Morgan fingerprint density at radius 3 is 2.61 bits per heavy atom. The van der Waals surface area contributed by atoms with Gasteiger partial charge in [-0.2, -0.15) is 5.10 Å². The molecule has 0 aliphatic carbocycles.